The molecule has 0 bridgehead atoms. The number of hydrogen-bond donors (Lipinski definition) is 1. The summed E-state index contributed by atoms with van der Waals surface area (Å²) >= 11 is 1.82. The molecule has 0 spiro atoms. The number of carbonyl (C=O) groups excluding carboxylic acids is 1. The fourth-order valence-corrected chi connectivity index (χ4v) is 6.80. The first-order chi connectivity index (χ1) is 18.5. The predicted octanol–water partition coefficient (Wildman–Crippen LogP) is 5.42. The van der Waals surface area contributed by atoms with Crippen LogP contribution in [0, 0.1) is 11.8 Å². The molecule has 1 amide bonds. The van der Waals surface area contributed by atoms with E-state index in [0.717, 1.165) is 44.6 Å². The maximum absolute atomic E-state index is 12.8. The zero-order valence-electron chi connectivity index (χ0n) is 22.2. The minimum atomic E-state index is -0.0531. The smallest absolute Gasteiger partial charge is 0.250 e. The first kappa shape index (κ1) is 26.7. The number of likely N-dealkylation sites (N-methyl/N-ethyl adjacent to an activating group) is 1. The molecule has 2 atom stereocenters. The standard InChI is InChI=1S/C32H38N4OS/c1-35(38-29-15-9-4-10-16-29)24-32(27-13-7-3-8-14-27)22-28(32)23-36-19-17-26(18-20-36)31(37)34-30(33)21-25-11-5-2-6-12-25/h2-16,26,28H,17-24H2,1H3,(H2,33,34,37). The normalized spacial score (nSPS) is 22.5. The topological polar surface area (TPSA) is 61.9 Å². The lowest BCUT2D eigenvalue weighted by molar-refractivity contribution is -0.122. The summed E-state index contributed by atoms with van der Waals surface area (Å²) in [7, 11) is 2.21. The fourth-order valence-electron chi connectivity index (χ4n) is 5.87. The molecule has 2 aliphatic rings. The molecule has 3 aromatic rings. The van der Waals surface area contributed by atoms with Crippen molar-refractivity contribution in [2.24, 2.45) is 22.6 Å². The molecule has 198 valence electrons. The maximum Gasteiger partial charge on any atom is 0.250 e. The van der Waals surface area contributed by atoms with Crippen LogP contribution in [0.15, 0.2) is 101 Å². The summed E-state index contributed by atoms with van der Waals surface area (Å²) in [5.41, 5.74) is 8.80. The molecule has 38 heavy (non-hydrogen) atoms. The van der Waals surface area contributed by atoms with Crippen molar-refractivity contribution in [1.29, 1.82) is 0 Å². The number of nitrogens with zero attached hydrogens (tertiary/aromatic N) is 3. The van der Waals surface area contributed by atoms with Gasteiger partial charge in [-0.2, -0.15) is 0 Å². The Hall–Kier alpha value is -2.93. The molecule has 1 aliphatic carbocycles. The van der Waals surface area contributed by atoms with Crippen molar-refractivity contribution in [3.05, 3.63) is 102 Å². The molecule has 3 aromatic carbocycles. The van der Waals surface area contributed by atoms with Crippen molar-refractivity contribution in [3.63, 3.8) is 0 Å². The van der Waals surface area contributed by atoms with E-state index in [4.69, 9.17) is 5.73 Å². The summed E-state index contributed by atoms with van der Waals surface area (Å²) in [5, 5.41) is 0. The van der Waals surface area contributed by atoms with Crippen LogP contribution in [0.2, 0.25) is 0 Å². The van der Waals surface area contributed by atoms with Crippen LogP contribution in [0.5, 0.6) is 0 Å². The summed E-state index contributed by atoms with van der Waals surface area (Å²) in [5.74, 6) is 0.956. The molecular weight excluding hydrogens is 488 g/mol. The maximum atomic E-state index is 12.8. The van der Waals surface area contributed by atoms with Crippen molar-refractivity contribution in [2.75, 3.05) is 33.2 Å². The van der Waals surface area contributed by atoms with E-state index in [0.29, 0.717) is 18.2 Å². The Morgan fingerprint density at radius 2 is 1.58 bits per heavy atom. The molecule has 1 saturated heterocycles. The van der Waals surface area contributed by atoms with E-state index in [-0.39, 0.29) is 17.2 Å². The quantitative estimate of drug-likeness (QED) is 0.217. The number of piperidine rings is 1. The second kappa shape index (κ2) is 12.3. The van der Waals surface area contributed by atoms with E-state index in [9.17, 15) is 4.79 Å². The first-order valence-corrected chi connectivity index (χ1v) is 14.4. The molecule has 1 aliphatic heterocycles. The highest BCUT2D eigenvalue weighted by molar-refractivity contribution is 7.97. The predicted molar refractivity (Wildman–Crippen MR) is 157 cm³/mol. The van der Waals surface area contributed by atoms with Gasteiger partial charge in [-0.15, -0.1) is 0 Å². The van der Waals surface area contributed by atoms with Gasteiger partial charge >= 0.3 is 0 Å². The van der Waals surface area contributed by atoms with Crippen LogP contribution in [0.25, 0.3) is 0 Å². The highest BCUT2D eigenvalue weighted by atomic mass is 32.2. The zero-order valence-corrected chi connectivity index (χ0v) is 23.0. The number of amides is 1. The molecule has 1 saturated carbocycles. The Balaban J connectivity index is 1.15. The number of hydrogen-bond acceptors (Lipinski definition) is 4. The van der Waals surface area contributed by atoms with Gasteiger partial charge in [-0.05, 0) is 80.5 Å². The van der Waals surface area contributed by atoms with Crippen molar-refractivity contribution < 1.29 is 4.79 Å². The van der Waals surface area contributed by atoms with Gasteiger partial charge in [0.25, 0.3) is 5.91 Å². The van der Waals surface area contributed by atoms with E-state index >= 15 is 0 Å². The molecule has 2 unspecified atom stereocenters. The molecule has 2 N–H and O–H groups in total. The summed E-state index contributed by atoms with van der Waals surface area (Å²) in [6.45, 7) is 3.99. The van der Waals surface area contributed by atoms with Gasteiger partial charge in [-0.25, -0.2) is 9.30 Å². The Morgan fingerprint density at radius 1 is 0.974 bits per heavy atom. The van der Waals surface area contributed by atoms with E-state index in [1.54, 1.807) is 0 Å². The van der Waals surface area contributed by atoms with Crippen LogP contribution in [0.3, 0.4) is 0 Å². The van der Waals surface area contributed by atoms with Gasteiger partial charge in [0.15, 0.2) is 0 Å². The minimum absolute atomic E-state index is 0.0212. The Labute approximate surface area is 231 Å². The van der Waals surface area contributed by atoms with E-state index in [2.05, 4.69) is 81.9 Å². The van der Waals surface area contributed by atoms with Crippen LogP contribution in [-0.4, -0.2) is 54.2 Å². The van der Waals surface area contributed by atoms with Gasteiger partial charge in [0.2, 0.25) is 0 Å². The van der Waals surface area contributed by atoms with Crippen LogP contribution >= 0.6 is 11.9 Å². The highest BCUT2D eigenvalue weighted by Crippen LogP contribution is 2.55. The third kappa shape index (κ3) is 6.73. The Morgan fingerprint density at radius 3 is 2.24 bits per heavy atom. The number of aliphatic imine (C=N–C) groups is 1. The molecule has 2 fully saturated rings. The SMILES string of the molecule is CN(CC1(c2ccccc2)CC1CN1CCC(C(=O)N=C(N)Cc2ccccc2)CC1)Sc1ccccc1. The van der Waals surface area contributed by atoms with Crippen molar-refractivity contribution >= 4 is 23.7 Å². The van der Waals surface area contributed by atoms with Gasteiger partial charge in [0.1, 0.15) is 5.84 Å². The lowest BCUT2D eigenvalue weighted by Gasteiger charge is -2.32. The van der Waals surface area contributed by atoms with Crippen LogP contribution in [-0.2, 0) is 16.6 Å². The first-order valence-electron chi connectivity index (χ1n) is 13.6. The average Bonchev–Trinajstić information content (AvgIpc) is 3.62. The molecule has 1 heterocycles. The number of nitrogens with two attached hydrogens (primary N) is 1. The number of likely N-dealkylation sites (tertiary alicyclic amines) is 1. The third-order valence-electron chi connectivity index (χ3n) is 7.99. The Kier molecular flexibility index (Phi) is 8.62. The zero-order chi connectivity index (χ0) is 26.4. The second-order valence-electron chi connectivity index (χ2n) is 10.8. The van der Waals surface area contributed by atoms with Gasteiger partial charge in [-0.1, -0.05) is 78.9 Å². The van der Waals surface area contributed by atoms with E-state index in [1.807, 2.05) is 42.3 Å². The average molecular weight is 527 g/mol. The molecule has 5 nitrogen and oxygen atoms in total. The monoisotopic (exact) mass is 526 g/mol. The van der Waals surface area contributed by atoms with Crippen LogP contribution in [0.1, 0.15) is 30.4 Å². The van der Waals surface area contributed by atoms with Gasteiger partial charge in [-0.3, -0.25) is 4.79 Å². The lowest BCUT2D eigenvalue weighted by atomic mass is 9.92. The van der Waals surface area contributed by atoms with Gasteiger partial charge < -0.3 is 10.6 Å². The highest BCUT2D eigenvalue weighted by Gasteiger charge is 2.56. The third-order valence-corrected chi connectivity index (χ3v) is 8.91. The van der Waals surface area contributed by atoms with Gasteiger partial charge in [0, 0.05) is 35.7 Å². The minimum Gasteiger partial charge on any atom is -0.387 e. The van der Waals surface area contributed by atoms with Gasteiger partial charge in [0.05, 0.1) is 0 Å². The number of amidine groups is 1. The second-order valence-corrected chi connectivity index (χ2v) is 12.1. The number of rotatable bonds is 10. The van der Waals surface area contributed by atoms with Crippen LogP contribution in [0.4, 0.5) is 0 Å². The molecule has 0 radical (unpaired) electrons. The van der Waals surface area contributed by atoms with E-state index < -0.39 is 0 Å². The molecule has 5 rings (SSSR count). The largest absolute Gasteiger partial charge is 0.387 e. The van der Waals surface area contributed by atoms with Crippen molar-refractivity contribution in [3.8, 4) is 0 Å². The van der Waals surface area contributed by atoms with Crippen molar-refractivity contribution in [1.82, 2.24) is 9.21 Å². The number of benzene rings is 3. The van der Waals surface area contributed by atoms with Crippen molar-refractivity contribution in [2.45, 2.75) is 36.0 Å². The summed E-state index contributed by atoms with van der Waals surface area (Å²) < 4.78 is 2.39. The molecule has 6 heteroatoms. The Bertz CT molecular complexity index is 1210. The van der Waals surface area contributed by atoms with E-state index in [1.165, 1.54) is 16.9 Å². The summed E-state index contributed by atoms with van der Waals surface area (Å²) in [4.78, 5) is 20.9. The number of carbonyl (C=O) groups is 1. The molecular formula is C32H38N4OS. The lowest BCUT2D eigenvalue weighted by Crippen LogP contribution is -2.39. The van der Waals surface area contributed by atoms with Crippen LogP contribution < -0.4 is 5.73 Å². The molecule has 0 aromatic heterocycles. The fraction of sp³-hybridized carbons (Fsp3) is 0.375. The summed E-state index contributed by atoms with van der Waals surface area (Å²) in [6.07, 6.45) is 3.44. The summed E-state index contributed by atoms with van der Waals surface area (Å²) in [6, 6.07) is 31.6.